The van der Waals surface area contributed by atoms with Crippen molar-refractivity contribution in [2.75, 3.05) is 13.7 Å². The molecule has 0 bridgehead atoms. The highest BCUT2D eigenvalue weighted by Crippen LogP contribution is 2.39. The number of carbonyl (C=O) groups is 2. The van der Waals surface area contributed by atoms with E-state index in [1.165, 1.54) is 6.08 Å². The van der Waals surface area contributed by atoms with Crippen LogP contribution in [-0.2, 0) is 4.79 Å². The number of nitrogens with zero attached hydrogens (tertiary/aromatic N) is 1. The number of amides is 2. The van der Waals surface area contributed by atoms with Crippen LogP contribution in [0.4, 0.5) is 4.79 Å². The Balaban J connectivity index is 2.36. The lowest BCUT2D eigenvalue weighted by Crippen LogP contribution is -2.27. The van der Waals surface area contributed by atoms with Crippen LogP contribution < -0.4 is 9.47 Å². The van der Waals surface area contributed by atoms with Crippen LogP contribution in [0, 0.1) is 0 Å². The second kappa shape index (κ2) is 7.90. The molecule has 1 heterocycles. The van der Waals surface area contributed by atoms with Gasteiger partial charge in [-0.2, -0.15) is 0 Å². The monoisotopic (exact) mass is 411 g/mol. The number of benzene rings is 1. The largest absolute Gasteiger partial charge is 0.493 e. The Kier molecular flexibility index (Phi) is 6.12. The number of ether oxygens (including phenoxy) is 2. The molecular weight excluding hydrogens is 394 g/mol. The van der Waals surface area contributed by atoms with Crippen molar-refractivity contribution in [2.24, 2.45) is 0 Å². The summed E-state index contributed by atoms with van der Waals surface area (Å²) in [6.45, 7) is 7.61. The van der Waals surface area contributed by atoms with Crippen LogP contribution in [0.1, 0.15) is 19.4 Å². The summed E-state index contributed by atoms with van der Waals surface area (Å²) in [5.74, 6) is 0.835. The molecule has 1 aliphatic rings. The van der Waals surface area contributed by atoms with Crippen LogP contribution in [0.5, 0.6) is 11.5 Å². The number of halogens is 1. The van der Waals surface area contributed by atoms with Gasteiger partial charge in [-0.3, -0.25) is 14.5 Å². The summed E-state index contributed by atoms with van der Waals surface area (Å²) >= 11 is 4.38. The van der Waals surface area contributed by atoms with Crippen molar-refractivity contribution >= 4 is 44.9 Å². The summed E-state index contributed by atoms with van der Waals surface area (Å²) in [5, 5.41) is -0.294. The molecule has 0 aromatic heterocycles. The second-order valence-electron chi connectivity index (χ2n) is 5.28. The third-order valence-corrected chi connectivity index (χ3v) is 4.58. The molecule has 2 amide bonds. The first-order valence-corrected chi connectivity index (χ1v) is 8.88. The fourth-order valence-corrected chi connectivity index (χ4v) is 3.51. The number of thioether (sulfide) groups is 1. The van der Waals surface area contributed by atoms with E-state index >= 15 is 0 Å². The smallest absolute Gasteiger partial charge is 0.293 e. The molecule has 5 nitrogen and oxygen atoms in total. The molecule has 1 fully saturated rings. The Labute approximate surface area is 153 Å². The second-order valence-corrected chi connectivity index (χ2v) is 7.13. The van der Waals surface area contributed by atoms with Crippen molar-refractivity contribution in [3.8, 4) is 11.5 Å². The predicted molar refractivity (Wildman–Crippen MR) is 99.3 cm³/mol. The third-order valence-electron chi connectivity index (χ3n) is 3.09. The van der Waals surface area contributed by atoms with Crippen molar-refractivity contribution < 1.29 is 19.1 Å². The van der Waals surface area contributed by atoms with Gasteiger partial charge in [-0.05, 0) is 65.3 Å². The molecule has 0 N–H and O–H groups in total. The summed E-state index contributed by atoms with van der Waals surface area (Å²) < 4.78 is 11.8. The Morgan fingerprint density at radius 3 is 2.67 bits per heavy atom. The maximum atomic E-state index is 12.3. The minimum Gasteiger partial charge on any atom is -0.493 e. The lowest BCUT2D eigenvalue weighted by molar-refractivity contribution is -0.122. The minimum atomic E-state index is -0.317. The first kappa shape index (κ1) is 18.6. The summed E-state index contributed by atoms with van der Waals surface area (Å²) in [7, 11) is 1.55. The van der Waals surface area contributed by atoms with E-state index in [2.05, 4.69) is 22.5 Å². The van der Waals surface area contributed by atoms with E-state index in [9.17, 15) is 9.59 Å². The molecule has 128 valence electrons. The first-order valence-electron chi connectivity index (χ1n) is 7.27. The number of imide groups is 1. The molecule has 0 saturated carbocycles. The molecule has 0 aliphatic carbocycles. The van der Waals surface area contributed by atoms with Crippen LogP contribution in [0.2, 0.25) is 0 Å². The standard InChI is InChI=1S/C17H18BrNO4S/c1-5-6-19-16(20)14(24-17(19)21)9-11-7-12(18)15(23-10(2)3)13(8-11)22-4/h5,7-10H,1,6H2,2-4H3/b14-9+. The average Bonchev–Trinajstić information content (AvgIpc) is 2.77. The molecule has 0 unspecified atom stereocenters. The van der Waals surface area contributed by atoms with Crippen LogP contribution in [0.15, 0.2) is 34.2 Å². The zero-order valence-electron chi connectivity index (χ0n) is 13.7. The average molecular weight is 412 g/mol. The number of methoxy groups -OCH3 is 1. The maximum Gasteiger partial charge on any atom is 0.293 e. The van der Waals surface area contributed by atoms with Gasteiger partial charge >= 0.3 is 0 Å². The normalized spacial score (nSPS) is 16.2. The van der Waals surface area contributed by atoms with Gasteiger partial charge in [-0.25, -0.2) is 0 Å². The third kappa shape index (κ3) is 4.02. The number of rotatable bonds is 6. The number of hydrogen-bond acceptors (Lipinski definition) is 5. The summed E-state index contributed by atoms with van der Waals surface area (Å²) in [5.41, 5.74) is 0.735. The molecule has 1 aromatic rings. The highest BCUT2D eigenvalue weighted by Gasteiger charge is 2.34. The van der Waals surface area contributed by atoms with Crippen molar-refractivity contribution in [1.29, 1.82) is 0 Å². The fourth-order valence-electron chi connectivity index (χ4n) is 2.11. The molecular formula is C17H18BrNO4S. The highest BCUT2D eigenvalue weighted by molar-refractivity contribution is 9.10. The van der Waals surface area contributed by atoms with Crippen LogP contribution in [0.25, 0.3) is 6.08 Å². The Morgan fingerprint density at radius 1 is 1.38 bits per heavy atom. The van der Waals surface area contributed by atoms with Gasteiger partial charge in [0.15, 0.2) is 11.5 Å². The van der Waals surface area contributed by atoms with Crippen LogP contribution in [0.3, 0.4) is 0 Å². The van der Waals surface area contributed by atoms with Gasteiger partial charge < -0.3 is 9.47 Å². The van der Waals surface area contributed by atoms with E-state index in [0.29, 0.717) is 20.9 Å². The fraction of sp³-hybridized carbons (Fsp3) is 0.294. The zero-order valence-corrected chi connectivity index (χ0v) is 16.1. The molecule has 0 spiro atoms. The van der Waals surface area contributed by atoms with Gasteiger partial charge in [0.2, 0.25) is 0 Å². The molecule has 1 saturated heterocycles. The lowest BCUT2D eigenvalue weighted by atomic mass is 10.1. The number of hydrogen-bond donors (Lipinski definition) is 0. The van der Waals surface area contributed by atoms with Crippen LogP contribution in [-0.4, -0.2) is 35.8 Å². The predicted octanol–water partition coefficient (Wildman–Crippen LogP) is 4.47. The minimum absolute atomic E-state index is 0.00328. The molecule has 7 heteroatoms. The molecule has 0 atom stereocenters. The van der Waals surface area contributed by atoms with Crippen molar-refractivity contribution in [3.63, 3.8) is 0 Å². The van der Waals surface area contributed by atoms with Gasteiger partial charge in [0, 0.05) is 6.54 Å². The first-order chi connectivity index (χ1) is 11.4. The molecule has 0 radical (unpaired) electrons. The van der Waals surface area contributed by atoms with Crippen LogP contribution >= 0.6 is 27.7 Å². The number of carbonyl (C=O) groups excluding carboxylic acids is 2. The summed E-state index contributed by atoms with van der Waals surface area (Å²) in [4.78, 5) is 25.7. The van der Waals surface area contributed by atoms with Crippen molar-refractivity contribution in [1.82, 2.24) is 4.90 Å². The molecule has 1 aromatic carbocycles. The molecule has 24 heavy (non-hydrogen) atoms. The molecule has 2 rings (SSSR count). The van der Waals surface area contributed by atoms with E-state index in [4.69, 9.17) is 9.47 Å². The van der Waals surface area contributed by atoms with E-state index in [1.807, 2.05) is 19.9 Å². The Bertz CT molecular complexity index is 715. The highest BCUT2D eigenvalue weighted by atomic mass is 79.9. The van der Waals surface area contributed by atoms with Gasteiger partial charge in [0.05, 0.1) is 22.6 Å². The maximum absolute atomic E-state index is 12.3. The molecule has 1 aliphatic heterocycles. The van der Waals surface area contributed by atoms with Gasteiger partial charge in [0.25, 0.3) is 11.1 Å². The van der Waals surface area contributed by atoms with Crippen molar-refractivity contribution in [2.45, 2.75) is 20.0 Å². The van der Waals surface area contributed by atoms with Gasteiger partial charge in [-0.15, -0.1) is 6.58 Å². The van der Waals surface area contributed by atoms with Crippen molar-refractivity contribution in [3.05, 3.63) is 39.7 Å². The summed E-state index contributed by atoms with van der Waals surface area (Å²) in [6, 6.07) is 3.59. The Hall–Kier alpha value is -1.73. The topological polar surface area (TPSA) is 55.8 Å². The lowest BCUT2D eigenvalue weighted by Gasteiger charge is -2.16. The van der Waals surface area contributed by atoms with Gasteiger partial charge in [-0.1, -0.05) is 6.08 Å². The summed E-state index contributed by atoms with van der Waals surface area (Å²) in [6.07, 6.45) is 3.19. The van der Waals surface area contributed by atoms with E-state index in [0.717, 1.165) is 22.2 Å². The van der Waals surface area contributed by atoms with E-state index < -0.39 is 0 Å². The van der Waals surface area contributed by atoms with Gasteiger partial charge in [0.1, 0.15) is 0 Å². The van der Waals surface area contributed by atoms with E-state index in [-0.39, 0.29) is 23.8 Å². The quantitative estimate of drug-likeness (QED) is 0.510. The van der Waals surface area contributed by atoms with E-state index in [1.54, 1.807) is 19.3 Å². The SMILES string of the molecule is C=CCN1C(=O)S/C(=C/c2cc(Br)c(OC(C)C)c(OC)c2)C1=O. The Morgan fingerprint density at radius 2 is 2.08 bits per heavy atom. The zero-order chi connectivity index (χ0) is 17.9.